The van der Waals surface area contributed by atoms with Gasteiger partial charge in [0.1, 0.15) is 0 Å². The Morgan fingerprint density at radius 3 is 2.84 bits per heavy atom. The largest absolute Gasteiger partial charge is 0.311 e. The summed E-state index contributed by atoms with van der Waals surface area (Å²) in [4.78, 5) is 2.73. The summed E-state index contributed by atoms with van der Waals surface area (Å²) < 4.78 is 0. The van der Waals surface area contributed by atoms with Crippen LogP contribution in [0.4, 0.5) is 0 Å². The minimum Gasteiger partial charge on any atom is -0.311 e. The molecule has 2 unspecified atom stereocenters. The van der Waals surface area contributed by atoms with E-state index in [2.05, 4.69) is 48.3 Å². The second-order valence-corrected chi connectivity index (χ2v) is 6.34. The molecule has 0 radical (unpaired) electrons. The molecule has 1 aromatic carbocycles. The highest BCUT2D eigenvalue weighted by Gasteiger charge is 2.38. The molecule has 0 aromatic heterocycles. The zero-order valence-corrected chi connectivity index (χ0v) is 12.2. The van der Waals surface area contributed by atoms with Gasteiger partial charge in [0.2, 0.25) is 0 Å². The molecule has 1 N–H and O–H groups in total. The van der Waals surface area contributed by atoms with Crippen molar-refractivity contribution in [2.75, 3.05) is 13.1 Å². The molecule has 2 atom stereocenters. The highest BCUT2D eigenvalue weighted by atomic mass is 15.2. The molecule has 1 aliphatic carbocycles. The highest BCUT2D eigenvalue weighted by molar-refractivity contribution is 5.22. The number of hydrogen-bond acceptors (Lipinski definition) is 2. The Hall–Kier alpha value is -0.860. The number of nitrogens with zero attached hydrogens (tertiary/aromatic N) is 1. The zero-order chi connectivity index (χ0) is 13.2. The van der Waals surface area contributed by atoms with Gasteiger partial charge in [0, 0.05) is 31.7 Å². The summed E-state index contributed by atoms with van der Waals surface area (Å²) in [5.41, 5.74) is 2.85. The lowest BCUT2D eigenvalue weighted by Crippen LogP contribution is -2.56. The Morgan fingerprint density at radius 2 is 2.16 bits per heavy atom. The monoisotopic (exact) mass is 258 g/mol. The van der Waals surface area contributed by atoms with Gasteiger partial charge < -0.3 is 5.32 Å². The molecule has 1 aliphatic heterocycles. The van der Waals surface area contributed by atoms with E-state index >= 15 is 0 Å². The summed E-state index contributed by atoms with van der Waals surface area (Å²) in [5, 5.41) is 3.73. The minimum atomic E-state index is 0.680. The predicted octanol–water partition coefficient (Wildman–Crippen LogP) is 2.96. The first-order valence-corrected chi connectivity index (χ1v) is 7.79. The summed E-state index contributed by atoms with van der Waals surface area (Å²) >= 11 is 0. The lowest BCUT2D eigenvalue weighted by Gasteiger charge is -2.40. The molecular formula is C17H26N2. The van der Waals surface area contributed by atoms with Crippen molar-refractivity contribution in [3.63, 3.8) is 0 Å². The maximum atomic E-state index is 3.73. The zero-order valence-electron chi connectivity index (χ0n) is 12.2. The number of hydrogen-bond donors (Lipinski definition) is 1. The van der Waals surface area contributed by atoms with Crippen LogP contribution in [0.5, 0.6) is 0 Å². The van der Waals surface area contributed by atoms with Crippen molar-refractivity contribution in [2.24, 2.45) is 5.92 Å². The Morgan fingerprint density at radius 1 is 1.32 bits per heavy atom. The van der Waals surface area contributed by atoms with Crippen LogP contribution in [0.15, 0.2) is 24.3 Å². The second-order valence-electron chi connectivity index (χ2n) is 6.34. The molecule has 1 saturated carbocycles. The molecular weight excluding hydrogens is 232 g/mol. The van der Waals surface area contributed by atoms with E-state index < -0.39 is 0 Å². The number of piperazine rings is 1. The molecule has 0 bridgehead atoms. The van der Waals surface area contributed by atoms with Gasteiger partial charge in [0.05, 0.1) is 0 Å². The average molecular weight is 258 g/mol. The van der Waals surface area contributed by atoms with Gasteiger partial charge in [-0.3, -0.25) is 4.90 Å². The molecule has 0 spiro atoms. The van der Waals surface area contributed by atoms with Crippen LogP contribution in [0.3, 0.4) is 0 Å². The first-order chi connectivity index (χ1) is 9.26. The smallest absolute Gasteiger partial charge is 0.0253 e. The lowest BCUT2D eigenvalue weighted by molar-refractivity contribution is 0.106. The van der Waals surface area contributed by atoms with Gasteiger partial charge in [0.15, 0.2) is 0 Å². The molecule has 3 rings (SSSR count). The number of rotatable bonds is 4. The SMILES string of the molecule is CCC1CN(Cc2cccc(C)c2)C(C2CC2)CN1. The fourth-order valence-corrected chi connectivity index (χ4v) is 3.35. The molecule has 2 heteroatoms. The summed E-state index contributed by atoms with van der Waals surface area (Å²) in [5.74, 6) is 0.954. The molecule has 1 saturated heterocycles. The quantitative estimate of drug-likeness (QED) is 0.893. The Labute approximate surface area is 117 Å². The van der Waals surface area contributed by atoms with E-state index in [0.717, 1.165) is 18.5 Å². The molecule has 2 nitrogen and oxygen atoms in total. The first-order valence-electron chi connectivity index (χ1n) is 7.79. The van der Waals surface area contributed by atoms with Crippen molar-refractivity contribution in [1.82, 2.24) is 10.2 Å². The third-order valence-electron chi connectivity index (χ3n) is 4.67. The standard InChI is InChI=1S/C17H26N2/c1-3-16-12-19(17(10-18-16)15-7-8-15)11-14-6-4-5-13(2)9-14/h4-6,9,15-18H,3,7-8,10-12H2,1-2H3. The predicted molar refractivity (Wildman–Crippen MR) is 80.2 cm³/mol. The third kappa shape index (κ3) is 3.18. The van der Waals surface area contributed by atoms with E-state index in [1.54, 1.807) is 0 Å². The van der Waals surface area contributed by atoms with E-state index in [1.165, 1.54) is 43.5 Å². The van der Waals surface area contributed by atoms with E-state index in [4.69, 9.17) is 0 Å². The molecule has 1 aromatic rings. The third-order valence-corrected chi connectivity index (χ3v) is 4.67. The van der Waals surface area contributed by atoms with Crippen LogP contribution in [-0.2, 0) is 6.54 Å². The van der Waals surface area contributed by atoms with E-state index in [0.29, 0.717) is 6.04 Å². The van der Waals surface area contributed by atoms with Crippen molar-refractivity contribution in [3.05, 3.63) is 35.4 Å². The Balaban J connectivity index is 1.71. The second kappa shape index (κ2) is 5.64. The van der Waals surface area contributed by atoms with Gasteiger partial charge in [-0.25, -0.2) is 0 Å². The van der Waals surface area contributed by atoms with E-state index in [9.17, 15) is 0 Å². The normalized spacial score (nSPS) is 28.5. The molecule has 19 heavy (non-hydrogen) atoms. The van der Waals surface area contributed by atoms with Gasteiger partial charge in [-0.05, 0) is 37.7 Å². The summed E-state index contributed by atoms with van der Waals surface area (Å²) in [6.45, 7) is 8.01. The Bertz CT molecular complexity index is 425. The van der Waals surface area contributed by atoms with Crippen LogP contribution in [0, 0.1) is 12.8 Å². The number of aryl methyl sites for hydroxylation is 1. The number of nitrogens with one attached hydrogen (secondary N) is 1. The molecule has 0 amide bonds. The highest BCUT2D eigenvalue weighted by Crippen LogP contribution is 2.36. The van der Waals surface area contributed by atoms with Crippen LogP contribution < -0.4 is 5.32 Å². The fourth-order valence-electron chi connectivity index (χ4n) is 3.35. The lowest BCUT2D eigenvalue weighted by atomic mass is 10.0. The average Bonchev–Trinajstić information content (AvgIpc) is 3.23. The van der Waals surface area contributed by atoms with Gasteiger partial charge in [-0.15, -0.1) is 0 Å². The van der Waals surface area contributed by atoms with Crippen molar-refractivity contribution in [1.29, 1.82) is 0 Å². The van der Waals surface area contributed by atoms with Crippen LogP contribution in [0.1, 0.15) is 37.3 Å². The Kier molecular flexibility index (Phi) is 3.90. The van der Waals surface area contributed by atoms with E-state index in [1.807, 2.05) is 0 Å². The molecule has 2 fully saturated rings. The summed E-state index contributed by atoms with van der Waals surface area (Å²) in [7, 11) is 0. The van der Waals surface area contributed by atoms with Crippen molar-refractivity contribution < 1.29 is 0 Å². The first kappa shape index (κ1) is 13.1. The maximum Gasteiger partial charge on any atom is 0.0253 e. The van der Waals surface area contributed by atoms with Crippen molar-refractivity contribution in [2.45, 2.75) is 51.7 Å². The summed E-state index contributed by atoms with van der Waals surface area (Å²) in [6, 6.07) is 10.4. The van der Waals surface area contributed by atoms with Gasteiger partial charge in [-0.1, -0.05) is 36.8 Å². The molecule has 2 aliphatic rings. The van der Waals surface area contributed by atoms with Gasteiger partial charge >= 0.3 is 0 Å². The van der Waals surface area contributed by atoms with Crippen LogP contribution in [-0.4, -0.2) is 30.1 Å². The maximum absolute atomic E-state index is 3.73. The number of benzene rings is 1. The van der Waals surface area contributed by atoms with Crippen LogP contribution in [0.25, 0.3) is 0 Å². The topological polar surface area (TPSA) is 15.3 Å². The molecule has 1 heterocycles. The van der Waals surface area contributed by atoms with Gasteiger partial charge in [-0.2, -0.15) is 0 Å². The van der Waals surface area contributed by atoms with Crippen LogP contribution in [0.2, 0.25) is 0 Å². The van der Waals surface area contributed by atoms with Gasteiger partial charge in [0.25, 0.3) is 0 Å². The molecule has 104 valence electrons. The van der Waals surface area contributed by atoms with Crippen molar-refractivity contribution >= 4 is 0 Å². The van der Waals surface area contributed by atoms with Crippen LogP contribution >= 0.6 is 0 Å². The summed E-state index contributed by atoms with van der Waals surface area (Å²) in [6.07, 6.45) is 4.11. The van der Waals surface area contributed by atoms with Crippen molar-refractivity contribution in [3.8, 4) is 0 Å². The van der Waals surface area contributed by atoms with E-state index in [-0.39, 0.29) is 0 Å². The minimum absolute atomic E-state index is 0.680. The fraction of sp³-hybridized carbons (Fsp3) is 0.647.